The zero-order valence-electron chi connectivity index (χ0n) is 11.0. The maximum Gasteiger partial charge on any atom is 0.253 e. The Labute approximate surface area is 112 Å². The SMILES string of the molecule is Cc1nc2ccncc2cc1C(=O)NC1CCCC1. The molecule has 4 nitrogen and oxygen atoms in total. The average Bonchev–Trinajstić information content (AvgIpc) is 2.90. The fourth-order valence-electron chi connectivity index (χ4n) is 2.68. The lowest BCUT2D eigenvalue weighted by molar-refractivity contribution is 0.0937. The Kier molecular flexibility index (Phi) is 3.15. The summed E-state index contributed by atoms with van der Waals surface area (Å²) in [7, 11) is 0. The summed E-state index contributed by atoms with van der Waals surface area (Å²) in [5, 5.41) is 4.01. The van der Waals surface area contributed by atoms with Crippen molar-refractivity contribution in [1.29, 1.82) is 0 Å². The van der Waals surface area contributed by atoms with Gasteiger partial charge in [-0.25, -0.2) is 0 Å². The number of aryl methyl sites for hydroxylation is 1. The van der Waals surface area contributed by atoms with Crippen LogP contribution in [0.2, 0.25) is 0 Å². The molecule has 2 aromatic heterocycles. The number of amides is 1. The molecule has 0 aromatic carbocycles. The second kappa shape index (κ2) is 4.96. The maximum absolute atomic E-state index is 12.3. The molecular formula is C15H17N3O. The molecule has 1 saturated carbocycles. The van der Waals surface area contributed by atoms with E-state index in [9.17, 15) is 4.79 Å². The first-order valence-corrected chi connectivity index (χ1v) is 6.76. The Morgan fingerprint density at radius 3 is 2.95 bits per heavy atom. The molecule has 1 aliphatic carbocycles. The summed E-state index contributed by atoms with van der Waals surface area (Å²) in [6, 6.07) is 4.08. The van der Waals surface area contributed by atoms with Crippen molar-refractivity contribution in [2.24, 2.45) is 0 Å². The van der Waals surface area contributed by atoms with Crippen molar-refractivity contribution in [2.75, 3.05) is 0 Å². The van der Waals surface area contributed by atoms with Gasteiger partial charge in [0.2, 0.25) is 0 Å². The van der Waals surface area contributed by atoms with Crippen molar-refractivity contribution >= 4 is 16.8 Å². The van der Waals surface area contributed by atoms with Gasteiger partial charge in [0.1, 0.15) is 0 Å². The highest BCUT2D eigenvalue weighted by Gasteiger charge is 2.19. The highest BCUT2D eigenvalue weighted by Crippen LogP contribution is 2.19. The fourth-order valence-corrected chi connectivity index (χ4v) is 2.68. The number of carbonyl (C=O) groups excluding carboxylic acids is 1. The zero-order valence-corrected chi connectivity index (χ0v) is 11.0. The topological polar surface area (TPSA) is 54.9 Å². The van der Waals surface area contributed by atoms with E-state index in [1.165, 1.54) is 12.8 Å². The molecule has 0 aliphatic heterocycles. The summed E-state index contributed by atoms with van der Waals surface area (Å²) >= 11 is 0. The van der Waals surface area contributed by atoms with Crippen LogP contribution >= 0.6 is 0 Å². The number of nitrogens with zero attached hydrogens (tertiary/aromatic N) is 2. The van der Waals surface area contributed by atoms with Crippen LogP contribution in [0.1, 0.15) is 41.7 Å². The quantitative estimate of drug-likeness (QED) is 0.897. The van der Waals surface area contributed by atoms with Gasteiger partial charge in [0, 0.05) is 23.8 Å². The number of hydrogen-bond donors (Lipinski definition) is 1. The predicted octanol–water partition coefficient (Wildman–Crippen LogP) is 2.61. The Hall–Kier alpha value is -1.97. The van der Waals surface area contributed by atoms with Crippen molar-refractivity contribution in [3.63, 3.8) is 0 Å². The van der Waals surface area contributed by atoms with Crippen LogP contribution in [-0.4, -0.2) is 21.9 Å². The molecule has 0 spiro atoms. The van der Waals surface area contributed by atoms with Gasteiger partial charge in [-0.15, -0.1) is 0 Å². The minimum atomic E-state index is -0.0114. The standard InChI is InChI=1S/C15H17N3O/c1-10-13(15(19)18-12-4-2-3-5-12)8-11-9-16-7-6-14(11)17-10/h6-9,12H,2-5H2,1H3,(H,18,19). The summed E-state index contributed by atoms with van der Waals surface area (Å²) in [4.78, 5) is 20.8. The lowest BCUT2D eigenvalue weighted by atomic mass is 10.1. The lowest BCUT2D eigenvalue weighted by Crippen LogP contribution is -2.33. The molecule has 2 aromatic rings. The van der Waals surface area contributed by atoms with Crippen molar-refractivity contribution in [2.45, 2.75) is 38.6 Å². The van der Waals surface area contributed by atoms with Crippen molar-refractivity contribution in [3.05, 3.63) is 35.8 Å². The molecule has 1 fully saturated rings. The van der Waals surface area contributed by atoms with E-state index in [1.54, 1.807) is 12.4 Å². The van der Waals surface area contributed by atoms with Gasteiger partial charge in [0.15, 0.2) is 0 Å². The molecule has 3 rings (SSSR count). The summed E-state index contributed by atoms with van der Waals surface area (Å²) in [6.07, 6.45) is 8.06. The molecular weight excluding hydrogens is 238 g/mol. The van der Waals surface area contributed by atoms with Gasteiger partial charge >= 0.3 is 0 Å². The second-order valence-corrected chi connectivity index (χ2v) is 5.14. The minimum absolute atomic E-state index is 0.0114. The third-order valence-corrected chi connectivity index (χ3v) is 3.74. The van der Waals surface area contributed by atoms with Crippen molar-refractivity contribution in [3.8, 4) is 0 Å². The molecule has 0 saturated heterocycles. The minimum Gasteiger partial charge on any atom is -0.349 e. The molecule has 1 amide bonds. The number of carbonyl (C=O) groups is 1. The Balaban J connectivity index is 1.90. The number of nitrogens with one attached hydrogen (secondary N) is 1. The van der Waals surface area contributed by atoms with Gasteiger partial charge in [-0.2, -0.15) is 0 Å². The molecule has 98 valence electrons. The van der Waals surface area contributed by atoms with Gasteiger partial charge in [-0.05, 0) is 31.9 Å². The second-order valence-electron chi connectivity index (χ2n) is 5.14. The van der Waals surface area contributed by atoms with E-state index in [-0.39, 0.29) is 5.91 Å². The maximum atomic E-state index is 12.3. The lowest BCUT2D eigenvalue weighted by Gasteiger charge is -2.13. The van der Waals surface area contributed by atoms with Gasteiger partial charge in [0.05, 0.1) is 16.8 Å². The summed E-state index contributed by atoms with van der Waals surface area (Å²) in [6.45, 7) is 1.88. The van der Waals surface area contributed by atoms with E-state index in [0.717, 1.165) is 29.4 Å². The first-order valence-electron chi connectivity index (χ1n) is 6.76. The number of rotatable bonds is 2. The zero-order chi connectivity index (χ0) is 13.2. The largest absolute Gasteiger partial charge is 0.349 e. The third-order valence-electron chi connectivity index (χ3n) is 3.74. The first-order chi connectivity index (χ1) is 9.24. The van der Waals surface area contributed by atoms with E-state index >= 15 is 0 Å². The molecule has 19 heavy (non-hydrogen) atoms. The Morgan fingerprint density at radius 1 is 1.37 bits per heavy atom. The number of pyridine rings is 2. The van der Waals surface area contributed by atoms with E-state index in [4.69, 9.17) is 0 Å². The molecule has 0 unspecified atom stereocenters. The molecule has 0 atom stereocenters. The van der Waals surface area contributed by atoms with E-state index < -0.39 is 0 Å². The highest BCUT2D eigenvalue weighted by molar-refractivity contribution is 5.98. The number of hydrogen-bond acceptors (Lipinski definition) is 3. The van der Waals surface area contributed by atoms with E-state index in [0.29, 0.717) is 11.6 Å². The molecule has 1 aliphatic rings. The fraction of sp³-hybridized carbons (Fsp3) is 0.400. The molecule has 1 N–H and O–H groups in total. The van der Waals surface area contributed by atoms with Crippen LogP contribution in [0.3, 0.4) is 0 Å². The van der Waals surface area contributed by atoms with Crippen LogP contribution in [-0.2, 0) is 0 Å². The van der Waals surface area contributed by atoms with Crippen LogP contribution in [0.15, 0.2) is 24.5 Å². The average molecular weight is 255 g/mol. The molecule has 0 radical (unpaired) electrons. The summed E-state index contributed by atoms with van der Waals surface area (Å²) in [5.41, 5.74) is 2.31. The number of aromatic nitrogens is 2. The van der Waals surface area contributed by atoms with Crippen LogP contribution in [0, 0.1) is 6.92 Å². The normalized spacial score (nSPS) is 15.8. The Bertz CT molecular complexity index is 618. The van der Waals surface area contributed by atoms with Gasteiger partial charge in [0.25, 0.3) is 5.91 Å². The van der Waals surface area contributed by atoms with Crippen LogP contribution < -0.4 is 5.32 Å². The first kappa shape index (κ1) is 12.1. The Morgan fingerprint density at radius 2 is 2.16 bits per heavy atom. The smallest absolute Gasteiger partial charge is 0.253 e. The van der Waals surface area contributed by atoms with Gasteiger partial charge < -0.3 is 5.32 Å². The molecule has 2 heterocycles. The van der Waals surface area contributed by atoms with Crippen molar-refractivity contribution < 1.29 is 4.79 Å². The highest BCUT2D eigenvalue weighted by atomic mass is 16.1. The van der Waals surface area contributed by atoms with Crippen LogP contribution in [0.25, 0.3) is 10.9 Å². The van der Waals surface area contributed by atoms with E-state index in [1.807, 2.05) is 19.1 Å². The van der Waals surface area contributed by atoms with Gasteiger partial charge in [-0.1, -0.05) is 12.8 Å². The monoisotopic (exact) mass is 255 g/mol. The van der Waals surface area contributed by atoms with Crippen LogP contribution in [0.4, 0.5) is 0 Å². The van der Waals surface area contributed by atoms with E-state index in [2.05, 4.69) is 15.3 Å². The summed E-state index contributed by atoms with van der Waals surface area (Å²) < 4.78 is 0. The van der Waals surface area contributed by atoms with Crippen molar-refractivity contribution in [1.82, 2.24) is 15.3 Å². The predicted molar refractivity (Wildman–Crippen MR) is 74.0 cm³/mol. The number of fused-ring (bicyclic) bond motifs is 1. The van der Waals surface area contributed by atoms with Crippen LogP contribution in [0.5, 0.6) is 0 Å². The summed E-state index contributed by atoms with van der Waals surface area (Å²) in [5.74, 6) is -0.0114. The third kappa shape index (κ3) is 2.43. The molecule has 0 bridgehead atoms. The van der Waals surface area contributed by atoms with Gasteiger partial charge in [-0.3, -0.25) is 14.8 Å². The molecule has 4 heteroatoms.